The molecule has 1 fully saturated rings. The fraction of sp³-hybridized carbons (Fsp3) is 0.500. The summed E-state index contributed by atoms with van der Waals surface area (Å²) >= 11 is 0. The maximum atomic E-state index is 12.4. The molecule has 128 valence electrons. The van der Waals surface area contributed by atoms with E-state index in [0.717, 1.165) is 18.7 Å². The Hall–Kier alpha value is -2.55. The van der Waals surface area contributed by atoms with Crippen LogP contribution in [-0.4, -0.2) is 50.1 Å². The highest BCUT2D eigenvalue weighted by Gasteiger charge is 2.24. The third-order valence-corrected chi connectivity index (χ3v) is 4.30. The standard InChI is InChI=1S/C18H23N3O3/c1-14(18(23)24-2)12-17(22)21-9-5-8-20(10-11-21)16-7-4-3-6-15(16)13-19/h3-4,6-7,14H,5,8-12H2,1-2H3/t14-/m1/s1. The molecule has 0 N–H and O–H groups in total. The molecule has 0 saturated carbocycles. The molecule has 1 aromatic rings. The van der Waals surface area contributed by atoms with Gasteiger partial charge in [0.25, 0.3) is 0 Å². The number of benzene rings is 1. The maximum absolute atomic E-state index is 12.4. The highest BCUT2D eigenvalue weighted by molar-refractivity contribution is 5.82. The number of amides is 1. The van der Waals surface area contributed by atoms with Gasteiger partial charge in [0.1, 0.15) is 6.07 Å². The fourth-order valence-electron chi connectivity index (χ4n) is 2.93. The molecule has 1 aromatic carbocycles. The second kappa shape index (κ2) is 8.34. The zero-order chi connectivity index (χ0) is 17.5. The summed E-state index contributed by atoms with van der Waals surface area (Å²) < 4.78 is 4.68. The van der Waals surface area contributed by atoms with Crippen LogP contribution in [0, 0.1) is 17.2 Å². The Labute approximate surface area is 142 Å². The molecule has 1 heterocycles. The summed E-state index contributed by atoms with van der Waals surface area (Å²) in [5.41, 5.74) is 1.56. The molecule has 6 nitrogen and oxygen atoms in total. The number of para-hydroxylation sites is 1. The molecule has 0 spiro atoms. The van der Waals surface area contributed by atoms with E-state index >= 15 is 0 Å². The Bertz CT molecular complexity index is 639. The van der Waals surface area contributed by atoms with Crippen molar-refractivity contribution >= 4 is 17.6 Å². The van der Waals surface area contributed by atoms with Gasteiger partial charge in [0.2, 0.25) is 5.91 Å². The number of rotatable bonds is 4. The van der Waals surface area contributed by atoms with E-state index in [1.165, 1.54) is 7.11 Å². The smallest absolute Gasteiger partial charge is 0.308 e. The van der Waals surface area contributed by atoms with E-state index in [4.69, 9.17) is 0 Å². The molecule has 0 aliphatic carbocycles. The summed E-state index contributed by atoms with van der Waals surface area (Å²) in [6.07, 6.45) is 1.000. The number of carbonyl (C=O) groups is 2. The number of hydrogen-bond donors (Lipinski definition) is 0. The van der Waals surface area contributed by atoms with Crippen molar-refractivity contribution in [2.75, 3.05) is 38.2 Å². The molecule has 1 aliphatic rings. The summed E-state index contributed by atoms with van der Waals surface area (Å²) in [5.74, 6) is -0.813. The topological polar surface area (TPSA) is 73.6 Å². The Kier molecular flexibility index (Phi) is 6.19. The maximum Gasteiger partial charge on any atom is 0.308 e. The van der Waals surface area contributed by atoms with Crippen LogP contribution in [-0.2, 0) is 14.3 Å². The van der Waals surface area contributed by atoms with Gasteiger partial charge in [-0.1, -0.05) is 19.1 Å². The van der Waals surface area contributed by atoms with Crippen LogP contribution in [0.1, 0.15) is 25.3 Å². The highest BCUT2D eigenvalue weighted by Crippen LogP contribution is 2.21. The number of carbonyl (C=O) groups excluding carboxylic acids is 2. The van der Waals surface area contributed by atoms with Gasteiger partial charge in [-0.2, -0.15) is 5.26 Å². The molecule has 0 radical (unpaired) electrons. The first-order valence-corrected chi connectivity index (χ1v) is 8.16. The zero-order valence-electron chi connectivity index (χ0n) is 14.2. The number of nitriles is 1. The minimum Gasteiger partial charge on any atom is -0.469 e. The third-order valence-electron chi connectivity index (χ3n) is 4.30. The fourth-order valence-corrected chi connectivity index (χ4v) is 2.93. The first-order valence-electron chi connectivity index (χ1n) is 8.16. The lowest BCUT2D eigenvalue weighted by molar-refractivity contribution is -0.148. The van der Waals surface area contributed by atoms with Crippen LogP contribution in [0.3, 0.4) is 0 Å². The number of esters is 1. The van der Waals surface area contributed by atoms with E-state index in [1.807, 2.05) is 18.2 Å². The van der Waals surface area contributed by atoms with Gasteiger partial charge in [-0.15, -0.1) is 0 Å². The Balaban J connectivity index is 1.99. The van der Waals surface area contributed by atoms with Crippen LogP contribution >= 0.6 is 0 Å². The molecule has 1 saturated heterocycles. The average Bonchev–Trinajstić information content (AvgIpc) is 2.86. The molecule has 24 heavy (non-hydrogen) atoms. The lowest BCUT2D eigenvalue weighted by Crippen LogP contribution is -2.36. The van der Waals surface area contributed by atoms with Crippen molar-refractivity contribution in [2.24, 2.45) is 5.92 Å². The van der Waals surface area contributed by atoms with Crippen molar-refractivity contribution in [3.8, 4) is 6.07 Å². The van der Waals surface area contributed by atoms with Gasteiger partial charge < -0.3 is 14.5 Å². The average molecular weight is 329 g/mol. The predicted molar refractivity (Wildman–Crippen MR) is 90.4 cm³/mol. The molecular weight excluding hydrogens is 306 g/mol. The second-order valence-corrected chi connectivity index (χ2v) is 5.98. The van der Waals surface area contributed by atoms with E-state index in [1.54, 1.807) is 17.9 Å². The number of hydrogen-bond acceptors (Lipinski definition) is 5. The van der Waals surface area contributed by atoms with Gasteiger partial charge in [0.15, 0.2) is 0 Å². The molecule has 1 aliphatic heterocycles. The lowest BCUT2D eigenvalue weighted by atomic mass is 10.1. The molecule has 1 atom stereocenters. The van der Waals surface area contributed by atoms with Crippen molar-refractivity contribution in [3.05, 3.63) is 29.8 Å². The minimum atomic E-state index is -0.429. The van der Waals surface area contributed by atoms with Crippen LogP contribution in [0.25, 0.3) is 0 Å². The van der Waals surface area contributed by atoms with E-state index in [-0.39, 0.29) is 18.3 Å². The van der Waals surface area contributed by atoms with E-state index in [9.17, 15) is 14.9 Å². The largest absolute Gasteiger partial charge is 0.469 e. The molecule has 0 unspecified atom stereocenters. The minimum absolute atomic E-state index is 0.0247. The van der Waals surface area contributed by atoms with E-state index in [0.29, 0.717) is 25.2 Å². The molecule has 6 heteroatoms. The Morgan fingerprint density at radius 2 is 2.00 bits per heavy atom. The summed E-state index contributed by atoms with van der Waals surface area (Å²) in [6.45, 7) is 4.44. The van der Waals surface area contributed by atoms with Crippen molar-refractivity contribution in [1.29, 1.82) is 5.26 Å². The van der Waals surface area contributed by atoms with Gasteiger partial charge in [0.05, 0.1) is 24.3 Å². The molecule has 1 amide bonds. The highest BCUT2D eigenvalue weighted by atomic mass is 16.5. The van der Waals surface area contributed by atoms with Gasteiger partial charge in [0, 0.05) is 32.6 Å². The van der Waals surface area contributed by atoms with Crippen LogP contribution in [0.2, 0.25) is 0 Å². The summed E-state index contributed by atoms with van der Waals surface area (Å²) in [5, 5.41) is 9.25. The van der Waals surface area contributed by atoms with Gasteiger partial charge >= 0.3 is 5.97 Å². The lowest BCUT2D eigenvalue weighted by Gasteiger charge is -2.25. The first-order chi connectivity index (χ1) is 11.6. The summed E-state index contributed by atoms with van der Waals surface area (Å²) in [4.78, 5) is 27.8. The second-order valence-electron chi connectivity index (χ2n) is 5.98. The van der Waals surface area contributed by atoms with Crippen molar-refractivity contribution in [1.82, 2.24) is 4.90 Å². The van der Waals surface area contributed by atoms with Crippen LogP contribution in [0.4, 0.5) is 5.69 Å². The van der Waals surface area contributed by atoms with Crippen LogP contribution in [0.15, 0.2) is 24.3 Å². The SMILES string of the molecule is COC(=O)[C@H](C)CC(=O)N1CCCN(c2ccccc2C#N)CC1. The van der Waals surface area contributed by atoms with Crippen molar-refractivity contribution in [3.63, 3.8) is 0 Å². The molecule has 0 aromatic heterocycles. The van der Waals surface area contributed by atoms with E-state index in [2.05, 4.69) is 15.7 Å². The quantitative estimate of drug-likeness (QED) is 0.788. The Morgan fingerprint density at radius 1 is 1.25 bits per heavy atom. The number of methoxy groups -OCH3 is 1. The zero-order valence-corrected chi connectivity index (χ0v) is 14.2. The molecular formula is C18H23N3O3. The van der Waals surface area contributed by atoms with Crippen LogP contribution < -0.4 is 4.90 Å². The van der Waals surface area contributed by atoms with Gasteiger partial charge in [-0.3, -0.25) is 9.59 Å². The van der Waals surface area contributed by atoms with Crippen molar-refractivity contribution in [2.45, 2.75) is 19.8 Å². The third kappa shape index (κ3) is 4.25. The van der Waals surface area contributed by atoms with Gasteiger partial charge in [-0.25, -0.2) is 0 Å². The summed E-state index contributed by atoms with van der Waals surface area (Å²) in [7, 11) is 1.33. The van der Waals surface area contributed by atoms with Crippen LogP contribution in [0.5, 0.6) is 0 Å². The monoisotopic (exact) mass is 329 g/mol. The van der Waals surface area contributed by atoms with E-state index < -0.39 is 5.92 Å². The normalized spacial score (nSPS) is 16.0. The number of ether oxygens (including phenoxy) is 1. The van der Waals surface area contributed by atoms with Crippen molar-refractivity contribution < 1.29 is 14.3 Å². The molecule has 0 bridgehead atoms. The predicted octanol–water partition coefficient (Wildman–Crippen LogP) is 1.80. The Morgan fingerprint density at radius 3 is 2.71 bits per heavy atom. The van der Waals surface area contributed by atoms with Gasteiger partial charge in [-0.05, 0) is 18.6 Å². The number of anilines is 1. The summed E-state index contributed by atoms with van der Waals surface area (Å²) in [6, 6.07) is 9.74. The first kappa shape index (κ1) is 17.8. The molecule has 2 rings (SSSR count). The number of nitrogens with zero attached hydrogens (tertiary/aromatic N) is 3.